The molecule has 17 heavy (non-hydrogen) atoms. The number of likely N-dealkylation sites (N-methyl/N-ethyl adjacent to an activating group) is 1. The van der Waals surface area contributed by atoms with Crippen LogP contribution in [0.25, 0.3) is 0 Å². The predicted octanol–water partition coefficient (Wildman–Crippen LogP) is 1.53. The van der Waals surface area contributed by atoms with Gasteiger partial charge in [0.05, 0.1) is 7.11 Å². The molecule has 0 fully saturated rings. The number of carboxylic acid groups (broad SMARTS) is 1. The standard InChI is InChI=1S/C13H17NO3/c1-14-13(12(15)16)7-3-4-9-8-10(17-2)5-6-11(9)13/h5-6,8,14H,3-4,7H2,1-2H3,(H,15,16). The summed E-state index contributed by atoms with van der Waals surface area (Å²) in [6, 6.07) is 5.61. The smallest absolute Gasteiger partial charge is 0.328 e. The largest absolute Gasteiger partial charge is 0.497 e. The number of rotatable bonds is 3. The Hall–Kier alpha value is -1.55. The van der Waals surface area contributed by atoms with E-state index in [-0.39, 0.29) is 0 Å². The zero-order valence-corrected chi connectivity index (χ0v) is 10.1. The monoisotopic (exact) mass is 235 g/mol. The first kappa shape index (κ1) is 11.9. The van der Waals surface area contributed by atoms with E-state index in [0.29, 0.717) is 6.42 Å². The van der Waals surface area contributed by atoms with Gasteiger partial charge in [-0.2, -0.15) is 0 Å². The highest BCUT2D eigenvalue weighted by Gasteiger charge is 2.42. The highest BCUT2D eigenvalue weighted by molar-refractivity contribution is 5.82. The Labute approximate surface area is 101 Å². The minimum absolute atomic E-state index is 0.623. The molecule has 2 rings (SSSR count). The molecule has 1 aromatic rings. The molecule has 0 aliphatic heterocycles. The van der Waals surface area contributed by atoms with Crippen molar-refractivity contribution < 1.29 is 14.6 Å². The maximum absolute atomic E-state index is 11.5. The van der Waals surface area contributed by atoms with Crippen LogP contribution >= 0.6 is 0 Å². The zero-order chi connectivity index (χ0) is 12.5. The summed E-state index contributed by atoms with van der Waals surface area (Å²) in [5.41, 5.74) is 0.978. The molecule has 1 aromatic carbocycles. The van der Waals surface area contributed by atoms with Crippen LogP contribution in [0.1, 0.15) is 24.0 Å². The first-order valence-corrected chi connectivity index (χ1v) is 5.74. The van der Waals surface area contributed by atoms with Crippen LogP contribution in [0, 0.1) is 0 Å². The van der Waals surface area contributed by atoms with E-state index in [1.807, 2.05) is 18.2 Å². The third-order valence-corrected chi connectivity index (χ3v) is 3.56. The van der Waals surface area contributed by atoms with Gasteiger partial charge in [0.25, 0.3) is 0 Å². The molecule has 0 aromatic heterocycles. The Kier molecular flexibility index (Phi) is 3.07. The van der Waals surface area contributed by atoms with Crippen LogP contribution in [0.2, 0.25) is 0 Å². The molecule has 0 saturated carbocycles. The zero-order valence-electron chi connectivity index (χ0n) is 10.1. The average Bonchev–Trinajstić information content (AvgIpc) is 2.36. The van der Waals surface area contributed by atoms with Crippen molar-refractivity contribution in [3.8, 4) is 5.75 Å². The maximum atomic E-state index is 11.5. The molecule has 4 nitrogen and oxygen atoms in total. The van der Waals surface area contributed by atoms with Gasteiger partial charge in [-0.05, 0) is 49.6 Å². The van der Waals surface area contributed by atoms with Gasteiger partial charge in [0.1, 0.15) is 11.3 Å². The number of fused-ring (bicyclic) bond motifs is 1. The third-order valence-electron chi connectivity index (χ3n) is 3.56. The van der Waals surface area contributed by atoms with E-state index in [1.165, 1.54) is 0 Å². The highest BCUT2D eigenvalue weighted by atomic mass is 16.5. The summed E-state index contributed by atoms with van der Waals surface area (Å²) >= 11 is 0. The molecule has 0 spiro atoms. The minimum Gasteiger partial charge on any atom is -0.497 e. The lowest BCUT2D eigenvalue weighted by molar-refractivity contribution is -0.145. The number of hydrogen-bond acceptors (Lipinski definition) is 3. The first-order chi connectivity index (χ1) is 8.14. The Balaban J connectivity index is 2.54. The number of hydrogen-bond donors (Lipinski definition) is 2. The second-order valence-electron chi connectivity index (χ2n) is 4.34. The van der Waals surface area contributed by atoms with E-state index in [9.17, 15) is 9.90 Å². The van der Waals surface area contributed by atoms with Crippen LogP contribution in [-0.4, -0.2) is 25.2 Å². The van der Waals surface area contributed by atoms with Crippen molar-refractivity contribution in [2.75, 3.05) is 14.2 Å². The Morgan fingerprint density at radius 2 is 2.29 bits per heavy atom. The minimum atomic E-state index is -0.945. The maximum Gasteiger partial charge on any atom is 0.328 e. The van der Waals surface area contributed by atoms with Gasteiger partial charge in [-0.25, -0.2) is 4.79 Å². The Morgan fingerprint density at radius 3 is 2.88 bits per heavy atom. The van der Waals surface area contributed by atoms with Crippen molar-refractivity contribution in [3.05, 3.63) is 29.3 Å². The number of aliphatic carboxylic acids is 1. The topological polar surface area (TPSA) is 58.6 Å². The molecule has 0 heterocycles. The fraction of sp³-hybridized carbons (Fsp3) is 0.462. The quantitative estimate of drug-likeness (QED) is 0.834. The van der Waals surface area contributed by atoms with E-state index in [1.54, 1.807) is 14.2 Å². The SMILES string of the molecule is CNC1(C(=O)O)CCCc2cc(OC)ccc21. The Bertz CT molecular complexity index is 444. The number of benzene rings is 1. The lowest BCUT2D eigenvalue weighted by Crippen LogP contribution is -2.49. The van der Waals surface area contributed by atoms with E-state index in [4.69, 9.17) is 4.74 Å². The van der Waals surface area contributed by atoms with Gasteiger partial charge >= 0.3 is 5.97 Å². The normalized spacial score (nSPS) is 22.9. The molecule has 0 saturated heterocycles. The summed E-state index contributed by atoms with van der Waals surface area (Å²) in [6.45, 7) is 0. The summed E-state index contributed by atoms with van der Waals surface area (Å²) in [7, 11) is 3.32. The van der Waals surface area contributed by atoms with Crippen LogP contribution in [0.4, 0.5) is 0 Å². The lowest BCUT2D eigenvalue weighted by Gasteiger charge is -2.35. The lowest BCUT2D eigenvalue weighted by atomic mass is 9.76. The van der Waals surface area contributed by atoms with Gasteiger partial charge < -0.3 is 15.2 Å². The first-order valence-electron chi connectivity index (χ1n) is 5.74. The van der Waals surface area contributed by atoms with Crippen molar-refractivity contribution >= 4 is 5.97 Å². The fourth-order valence-corrected chi connectivity index (χ4v) is 2.59. The van der Waals surface area contributed by atoms with Crippen LogP contribution in [0.15, 0.2) is 18.2 Å². The molecular weight excluding hydrogens is 218 g/mol. The van der Waals surface area contributed by atoms with Gasteiger partial charge in [-0.15, -0.1) is 0 Å². The second-order valence-corrected chi connectivity index (χ2v) is 4.34. The van der Waals surface area contributed by atoms with Crippen molar-refractivity contribution in [2.45, 2.75) is 24.8 Å². The van der Waals surface area contributed by atoms with Crippen molar-refractivity contribution in [1.29, 1.82) is 0 Å². The van der Waals surface area contributed by atoms with E-state index in [0.717, 1.165) is 29.7 Å². The highest BCUT2D eigenvalue weighted by Crippen LogP contribution is 2.37. The summed E-state index contributed by atoms with van der Waals surface area (Å²) in [5, 5.41) is 12.4. The molecule has 1 aliphatic carbocycles. The summed E-state index contributed by atoms with van der Waals surface area (Å²) in [4.78, 5) is 11.5. The summed E-state index contributed by atoms with van der Waals surface area (Å²) in [5.74, 6) is -0.0350. The van der Waals surface area contributed by atoms with Gasteiger partial charge in [-0.1, -0.05) is 6.07 Å². The van der Waals surface area contributed by atoms with Crippen LogP contribution in [-0.2, 0) is 16.8 Å². The second kappa shape index (κ2) is 4.37. The molecular formula is C13H17NO3. The van der Waals surface area contributed by atoms with E-state index < -0.39 is 11.5 Å². The number of carboxylic acids is 1. The van der Waals surface area contributed by atoms with Crippen LogP contribution in [0.5, 0.6) is 5.75 Å². The molecule has 0 amide bonds. The fourth-order valence-electron chi connectivity index (χ4n) is 2.59. The van der Waals surface area contributed by atoms with Crippen LogP contribution in [0.3, 0.4) is 0 Å². The molecule has 1 atom stereocenters. The predicted molar refractivity (Wildman–Crippen MR) is 64.3 cm³/mol. The number of methoxy groups -OCH3 is 1. The van der Waals surface area contributed by atoms with Gasteiger partial charge in [0.2, 0.25) is 0 Å². The number of carbonyl (C=O) groups is 1. The van der Waals surface area contributed by atoms with Gasteiger partial charge in [-0.3, -0.25) is 0 Å². The van der Waals surface area contributed by atoms with E-state index >= 15 is 0 Å². The van der Waals surface area contributed by atoms with Crippen molar-refractivity contribution in [1.82, 2.24) is 5.32 Å². The average molecular weight is 235 g/mol. The van der Waals surface area contributed by atoms with Crippen molar-refractivity contribution in [2.24, 2.45) is 0 Å². The molecule has 0 bridgehead atoms. The van der Waals surface area contributed by atoms with Gasteiger partial charge in [0.15, 0.2) is 0 Å². The molecule has 4 heteroatoms. The third kappa shape index (κ3) is 1.78. The van der Waals surface area contributed by atoms with E-state index in [2.05, 4.69) is 5.32 Å². The molecule has 1 unspecified atom stereocenters. The number of aryl methyl sites for hydroxylation is 1. The summed E-state index contributed by atoms with van der Waals surface area (Å²) < 4.78 is 5.17. The number of nitrogens with one attached hydrogen (secondary N) is 1. The summed E-state index contributed by atoms with van der Waals surface area (Å²) in [6.07, 6.45) is 2.40. The van der Waals surface area contributed by atoms with Gasteiger partial charge in [0, 0.05) is 0 Å². The van der Waals surface area contributed by atoms with Crippen LogP contribution < -0.4 is 10.1 Å². The molecule has 1 aliphatic rings. The molecule has 0 radical (unpaired) electrons. The number of ether oxygens (including phenoxy) is 1. The Morgan fingerprint density at radius 1 is 1.53 bits per heavy atom. The molecule has 92 valence electrons. The van der Waals surface area contributed by atoms with Crippen molar-refractivity contribution in [3.63, 3.8) is 0 Å². The molecule has 2 N–H and O–H groups in total.